The molecule has 0 aromatic carbocycles. The molecule has 0 aromatic rings. The Labute approximate surface area is 218 Å². The molecular weight excluding hydrogens is 460 g/mol. The van der Waals surface area contributed by atoms with Crippen LogP contribution in [-0.4, -0.2) is 52.4 Å². The van der Waals surface area contributed by atoms with E-state index in [1.807, 2.05) is 47.6 Å². The molecule has 0 aliphatic heterocycles. The average Bonchev–Trinajstić information content (AvgIpc) is 2.77. The molecule has 0 spiro atoms. The molecule has 0 amide bonds. The van der Waals surface area contributed by atoms with Crippen LogP contribution in [0.3, 0.4) is 0 Å². The third-order valence-electron chi connectivity index (χ3n) is 5.15. The summed E-state index contributed by atoms with van der Waals surface area (Å²) in [6.07, 6.45) is 10.0. The first-order chi connectivity index (χ1) is 16.6. The van der Waals surface area contributed by atoms with Crippen molar-refractivity contribution in [1.82, 2.24) is 0 Å². The molecule has 0 aliphatic rings. The van der Waals surface area contributed by atoms with Crippen molar-refractivity contribution in [3.05, 3.63) is 24.9 Å². The summed E-state index contributed by atoms with van der Waals surface area (Å²) in [5.41, 5.74) is 1.76. The van der Waals surface area contributed by atoms with Crippen LogP contribution in [0.1, 0.15) is 113 Å². The second kappa shape index (κ2) is 19.6. The summed E-state index contributed by atoms with van der Waals surface area (Å²) >= 11 is 0. The Bertz CT molecular complexity index is 499. The highest BCUT2D eigenvalue weighted by atomic mass is 28.4. The maximum absolute atomic E-state index is 6.49. The molecule has 1 unspecified atom stereocenters. The van der Waals surface area contributed by atoms with Crippen LogP contribution in [0.5, 0.6) is 0 Å². The maximum Gasteiger partial charge on any atom is 0.529 e. The van der Waals surface area contributed by atoms with E-state index in [1.54, 1.807) is 5.70 Å². The Morgan fingerprint density at radius 1 is 0.714 bits per heavy atom. The molecular formula is C28H56O6Si. The molecule has 0 saturated heterocycles. The van der Waals surface area contributed by atoms with Crippen molar-refractivity contribution in [3.8, 4) is 0 Å². The van der Waals surface area contributed by atoms with Gasteiger partial charge in [0.2, 0.25) is 0 Å². The second-order valence-corrected chi connectivity index (χ2v) is 12.3. The van der Waals surface area contributed by atoms with Crippen LogP contribution in [0.25, 0.3) is 0 Å². The van der Waals surface area contributed by atoms with Gasteiger partial charge in [-0.25, -0.2) is 0 Å². The zero-order valence-electron chi connectivity index (χ0n) is 24.1. The first kappa shape index (κ1) is 34.5. The number of hydrogen-bond acceptors (Lipinski definition) is 6. The summed E-state index contributed by atoms with van der Waals surface area (Å²) in [6, 6.07) is 0. The number of ether oxygens (including phenoxy) is 3. The van der Waals surface area contributed by atoms with Crippen LogP contribution in [0.15, 0.2) is 24.9 Å². The molecule has 35 heavy (non-hydrogen) atoms. The van der Waals surface area contributed by atoms with Gasteiger partial charge in [-0.3, -0.25) is 0 Å². The third kappa shape index (κ3) is 16.0. The summed E-state index contributed by atoms with van der Waals surface area (Å²) in [6.45, 7) is 25.6. The molecule has 1 atom stereocenters. The van der Waals surface area contributed by atoms with Crippen LogP contribution in [0, 0.1) is 0 Å². The minimum atomic E-state index is -3.03. The molecule has 6 nitrogen and oxygen atoms in total. The molecule has 0 saturated carbocycles. The molecule has 0 radical (unpaired) electrons. The highest BCUT2D eigenvalue weighted by Crippen LogP contribution is 2.29. The van der Waals surface area contributed by atoms with E-state index in [0.29, 0.717) is 19.6 Å². The number of rotatable bonds is 24. The number of unbranched alkanes of at least 4 members (excludes halogenated alkanes) is 4. The predicted octanol–water partition coefficient (Wildman–Crippen LogP) is 7.73. The lowest BCUT2D eigenvalue weighted by Crippen LogP contribution is -2.47. The SMILES string of the molecule is C=CC(CCCC(OC(C)C)(OC(C)C)OC(C)C)O[Si](C=C)(OCCCCC)OCCCCC. The minimum absolute atomic E-state index is 0.0344. The van der Waals surface area contributed by atoms with Crippen LogP contribution in [0.4, 0.5) is 0 Å². The molecule has 0 aromatic heterocycles. The lowest BCUT2D eigenvalue weighted by atomic mass is 10.1. The Hall–Kier alpha value is -0.543. The fourth-order valence-corrected chi connectivity index (χ4v) is 5.75. The standard InChI is InChI=1S/C28H56O6Si/c1-11-15-17-22-29-35(14-4,30-23-18-16-12-2)34-27(13-3)20-19-21-28(31-24(5)6,32-25(7)8)33-26(9)10/h13-14,24-27H,3-4,11-12,15-23H2,1-2,5-10H3. The van der Waals surface area contributed by atoms with Crippen molar-refractivity contribution < 1.29 is 27.5 Å². The summed E-state index contributed by atoms with van der Waals surface area (Å²) < 4.78 is 37.5. The monoisotopic (exact) mass is 516 g/mol. The topological polar surface area (TPSA) is 55.4 Å². The molecule has 0 fully saturated rings. The summed E-state index contributed by atoms with van der Waals surface area (Å²) in [4.78, 5) is 0. The van der Waals surface area contributed by atoms with Crippen molar-refractivity contribution in [2.24, 2.45) is 0 Å². The van der Waals surface area contributed by atoms with Crippen molar-refractivity contribution in [3.63, 3.8) is 0 Å². The van der Waals surface area contributed by atoms with Gasteiger partial charge in [-0.1, -0.05) is 52.2 Å². The summed E-state index contributed by atoms with van der Waals surface area (Å²) in [5.74, 6) is -1.09. The Morgan fingerprint density at radius 3 is 1.51 bits per heavy atom. The highest BCUT2D eigenvalue weighted by Gasteiger charge is 2.41. The van der Waals surface area contributed by atoms with E-state index in [1.165, 1.54) is 0 Å². The van der Waals surface area contributed by atoms with Gasteiger partial charge in [0.25, 0.3) is 5.97 Å². The highest BCUT2D eigenvalue weighted by molar-refractivity contribution is 6.66. The molecule has 0 heterocycles. The molecule has 7 heteroatoms. The number of hydrogen-bond donors (Lipinski definition) is 0. The van der Waals surface area contributed by atoms with Gasteiger partial charge >= 0.3 is 8.80 Å². The van der Waals surface area contributed by atoms with Gasteiger partial charge in [0, 0.05) is 19.6 Å². The predicted molar refractivity (Wildman–Crippen MR) is 147 cm³/mol. The quantitative estimate of drug-likeness (QED) is 0.0566. The van der Waals surface area contributed by atoms with Gasteiger partial charge in [0.1, 0.15) is 0 Å². The van der Waals surface area contributed by atoms with E-state index in [9.17, 15) is 0 Å². The van der Waals surface area contributed by atoms with Crippen molar-refractivity contribution >= 4 is 8.80 Å². The molecule has 0 N–H and O–H groups in total. The summed E-state index contributed by atoms with van der Waals surface area (Å²) in [7, 11) is -3.03. The average molecular weight is 517 g/mol. The van der Waals surface area contributed by atoms with Crippen LogP contribution >= 0.6 is 0 Å². The Balaban J connectivity index is 5.35. The van der Waals surface area contributed by atoms with E-state index >= 15 is 0 Å². The Morgan fingerprint density at radius 2 is 1.17 bits per heavy atom. The van der Waals surface area contributed by atoms with Gasteiger partial charge in [-0.05, 0) is 72.9 Å². The van der Waals surface area contributed by atoms with Crippen LogP contribution < -0.4 is 0 Å². The van der Waals surface area contributed by atoms with E-state index in [2.05, 4.69) is 27.0 Å². The normalized spacial score (nSPS) is 13.7. The van der Waals surface area contributed by atoms with Crippen LogP contribution in [0.2, 0.25) is 0 Å². The van der Waals surface area contributed by atoms with Gasteiger partial charge in [0.05, 0.1) is 24.4 Å². The third-order valence-corrected chi connectivity index (χ3v) is 7.49. The van der Waals surface area contributed by atoms with Crippen LogP contribution in [-0.2, 0) is 27.5 Å². The second-order valence-electron chi connectivity index (χ2n) is 9.89. The fraction of sp³-hybridized carbons (Fsp3) is 0.857. The van der Waals surface area contributed by atoms with Gasteiger partial charge in [0.15, 0.2) is 0 Å². The molecule has 0 aliphatic carbocycles. The summed E-state index contributed by atoms with van der Waals surface area (Å²) in [5, 5.41) is 0. The Kier molecular flexibility index (Phi) is 19.2. The first-order valence-electron chi connectivity index (χ1n) is 13.8. The molecule has 0 bridgehead atoms. The molecule has 0 rings (SSSR count). The largest absolute Gasteiger partial charge is 0.529 e. The van der Waals surface area contributed by atoms with Gasteiger partial charge < -0.3 is 27.5 Å². The van der Waals surface area contributed by atoms with Gasteiger partial charge in [-0.15, -0.1) is 6.58 Å². The van der Waals surface area contributed by atoms with E-state index in [-0.39, 0.29) is 24.4 Å². The maximum atomic E-state index is 6.49. The van der Waals surface area contributed by atoms with E-state index in [0.717, 1.165) is 51.4 Å². The fourth-order valence-electron chi connectivity index (χ4n) is 3.70. The molecule has 208 valence electrons. The first-order valence-corrected chi connectivity index (χ1v) is 15.6. The smallest absolute Gasteiger partial charge is 0.370 e. The van der Waals surface area contributed by atoms with E-state index in [4.69, 9.17) is 27.5 Å². The van der Waals surface area contributed by atoms with Crippen molar-refractivity contribution in [2.45, 2.75) is 144 Å². The zero-order chi connectivity index (χ0) is 26.7. The van der Waals surface area contributed by atoms with Crippen molar-refractivity contribution in [1.29, 1.82) is 0 Å². The van der Waals surface area contributed by atoms with E-state index < -0.39 is 14.8 Å². The minimum Gasteiger partial charge on any atom is -0.370 e. The van der Waals surface area contributed by atoms with Gasteiger partial charge in [-0.2, -0.15) is 0 Å². The van der Waals surface area contributed by atoms with Crippen molar-refractivity contribution in [2.75, 3.05) is 13.2 Å². The lowest BCUT2D eigenvalue weighted by Gasteiger charge is -2.38. The zero-order valence-corrected chi connectivity index (χ0v) is 25.1. The lowest BCUT2D eigenvalue weighted by molar-refractivity contribution is -0.412.